The maximum absolute atomic E-state index is 10.8. The molecule has 0 aliphatic carbocycles. The van der Waals surface area contributed by atoms with Crippen LogP contribution in [0.5, 0.6) is 0 Å². The number of halogens is 2. The summed E-state index contributed by atoms with van der Waals surface area (Å²) in [6, 6.07) is 17.8. The molecule has 0 aliphatic heterocycles. The second-order valence-corrected chi connectivity index (χ2v) is 7.49. The summed E-state index contributed by atoms with van der Waals surface area (Å²) in [6.07, 6.45) is 2.21. The number of nitro groups is 1. The molecule has 0 saturated carbocycles. The number of aromatic nitrogens is 2. The quantitative estimate of drug-likeness (QED) is 0.287. The van der Waals surface area contributed by atoms with Gasteiger partial charge in [-0.1, -0.05) is 53.5 Å². The van der Waals surface area contributed by atoms with E-state index in [1.807, 2.05) is 24.3 Å². The summed E-state index contributed by atoms with van der Waals surface area (Å²) in [7, 11) is 0. The Bertz CT molecular complexity index is 1220. The molecule has 0 saturated heterocycles. The first-order valence-electron chi connectivity index (χ1n) is 9.19. The van der Waals surface area contributed by atoms with Gasteiger partial charge in [0.1, 0.15) is 12.1 Å². The summed E-state index contributed by atoms with van der Waals surface area (Å²) >= 11 is 12.5. The molecular weight excluding hydrogens is 423 g/mol. The van der Waals surface area contributed by atoms with Crippen molar-refractivity contribution >= 4 is 45.6 Å². The highest BCUT2D eigenvalue weighted by Gasteiger charge is 2.13. The lowest BCUT2D eigenvalue weighted by atomic mass is 10.0. The van der Waals surface area contributed by atoms with Crippen molar-refractivity contribution in [1.29, 1.82) is 0 Å². The second-order valence-electron chi connectivity index (χ2n) is 6.65. The van der Waals surface area contributed by atoms with E-state index in [0.717, 1.165) is 27.6 Å². The third kappa shape index (κ3) is 4.20. The number of rotatable bonds is 6. The predicted molar refractivity (Wildman–Crippen MR) is 120 cm³/mol. The van der Waals surface area contributed by atoms with E-state index in [9.17, 15) is 10.1 Å². The Morgan fingerprint density at radius 3 is 2.50 bits per heavy atom. The van der Waals surface area contributed by atoms with E-state index < -0.39 is 4.92 Å². The van der Waals surface area contributed by atoms with Gasteiger partial charge in [-0.05, 0) is 35.7 Å². The van der Waals surface area contributed by atoms with Crippen molar-refractivity contribution in [3.63, 3.8) is 0 Å². The molecule has 0 radical (unpaired) electrons. The third-order valence-electron chi connectivity index (χ3n) is 4.74. The number of non-ortho nitro benzene ring substituents is 1. The van der Waals surface area contributed by atoms with Crippen LogP contribution in [0.4, 0.5) is 11.5 Å². The largest absolute Gasteiger partial charge is 0.369 e. The summed E-state index contributed by atoms with van der Waals surface area (Å²) in [6.45, 7) is 0.604. The Labute approximate surface area is 182 Å². The van der Waals surface area contributed by atoms with Crippen molar-refractivity contribution in [3.8, 4) is 11.1 Å². The van der Waals surface area contributed by atoms with Gasteiger partial charge in [-0.25, -0.2) is 9.97 Å². The fraction of sp³-hybridized carbons (Fsp3) is 0.0909. The van der Waals surface area contributed by atoms with Gasteiger partial charge in [-0.2, -0.15) is 0 Å². The molecule has 1 aromatic heterocycles. The Balaban J connectivity index is 1.62. The van der Waals surface area contributed by atoms with Crippen LogP contribution in [0.1, 0.15) is 5.56 Å². The van der Waals surface area contributed by atoms with Crippen LogP contribution in [0.3, 0.4) is 0 Å². The average molecular weight is 439 g/mol. The first kappa shape index (κ1) is 20.1. The maximum Gasteiger partial charge on any atom is 0.269 e. The van der Waals surface area contributed by atoms with Gasteiger partial charge in [0.25, 0.3) is 5.69 Å². The number of nitro benzene ring substituents is 1. The topological polar surface area (TPSA) is 81.0 Å². The van der Waals surface area contributed by atoms with Crippen LogP contribution in [0.2, 0.25) is 10.0 Å². The van der Waals surface area contributed by atoms with E-state index >= 15 is 0 Å². The van der Waals surface area contributed by atoms with Crippen LogP contribution in [-0.4, -0.2) is 21.4 Å². The molecule has 0 fully saturated rings. The van der Waals surface area contributed by atoms with Gasteiger partial charge in [0.2, 0.25) is 0 Å². The monoisotopic (exact) mass is 438 g/mol. The zero-order valence-electron chi connectivity index (χ0n) is 15.7. The van der Waals surface area contributed by atoms with Gasteiger partial charge in [0.15, 0.2) is 0 Å². The molecule has 1 N–H and O–H groups in total. The number of hydrogen-bond acceptors (Lipinski definition) is 5. The van der Waals surface area contributed by atoms with Crippen molar-refractivity contribution in [1.82, 2.24) is 9.97 Å². The van der Waals surface area contributed by atoms with E-state index in [4.69, 9.17) is 23.2 Å². The van der Waals surface area contributed by atoms with Gasteiger partial charge in [0.05, 0.1) is 15.8 Å². The van der Waals surface area contributed by atoms with Gasteiger partial charge in [-0.3, -0.25) is 10.1 Å². The Hall–Kier alpha value is -3.22. The molecule has 0 bridgehead atoms. The molecule has 150 valence electrons. The summed E-state index contributed by atoms with van der Waals surface area (Å²) < 4.78 is 0. The van der Waals surface area contributed by atoms with Gasteiger partial charge >= 0.3 is 0 Å². The molecular formula is C22H16Cl2N4O2. The highest BCUT2D eigenvalue weighted by atomic mass is 35.5. The van der Waals surface area contributed by atoms with Crippen molar-refractivity contribution in [3.05, 3.63) is 92.7 Å². The molecule has 0 amide bonds. The molecule has 30 heavy (non-hydrogen) atoms. The molecule has 0 aliphatic rings. The highest BCUT2D eigenvalue weighted by molar-refractivity contribution is 6.36. The molecule has 4 rings (SSSR count). The average Bonchev–Trinajstić information content (AvgIpc) is 2.74. The van der Waals surface area contributed by atoms with E-state index in [1.54, 1.807) is 24.3 Å². The van der Waals surface area contributed by atoms with Crippen LogP contribution < -0.4 is 5.32 Å². The number of anilines is 1. The van der Waals surface area contributed by atoms with E-state index in [0.29, 0.717) is 28.8 Å². The molecule has 4 aromatic rings. The Kier molecular flexibility index (Phi) is 5.79. The summed E-state index contributed by atoms with van der Waals surface area (Å²) in [5, 5.41) is 16.1. The van der Waals surface area contributed by atoms with E-state index in [1.165, 1.54) is 18.5 Å². The number of hydrogen-bond donors (Lipinski definition) is 1. The minimum atomic E-state index is -0.404. The molecule has 0 spiro atoms. The minimum Gasteiger partial charge on any atom is -0.369 e. The van der Waals surface area contributed by atoms with Gasteiger partial charge in [0, 0.05) is 34.3 Å². The number of fused-ring (bicyclic) bond motifs is 1. The number of nitrogens with one attached hydrogen (secondary N) is 1. The summed E-state index contributed by atoms with van der Waals surface area (Å²) in [4.78, 5) is 19.2. The van der Waals surface area contributed by atoms with Crippen molar-refractivity contribution in [2.24, 2.45) is 0 Å². The van der Waals surface area contributed by atoms with Crippen LogP contribution in [0.15, 0.2) is 67.0 Å². The van der Waals surface area contributed by atoms with E-state index in [2.05, 4.69) is 15.3 Å². The van der Waals surface area contributed by atoms with Crippen molar-refractivity contribution in [2.75, 3.05) is 11.9 Å². The highest BCUT2D eigenvalue weighted by Crippen LogP contribution is 2.36. The smallest absolute Gasteiger partial charge is 0.269 e. The van der Waals surface area contributed by atoms with Crippen LogP contribution >= 0.6 is 23.2 Å². The Morgan fingerprint density at radius 2 is 1.77 bits per heavy atom. The summed E-state index contributed by atoms with van der Waals surface area (Å²) in [5.74, 6) is 0.698. The van der Waals surface area contributed by atoms with Crippen molar-refractivity contribution in [2.45, 2.75) is 6.42 Å². The lowest BCUT2D eigenvalue weighted by Crippen LogP contribution is -2.07. The minimum absolute atomic E-state index is 0.0815. The molecule has 0 atom stereocenters. The van der Waals surface area contributed by atoms with Crippen LogP contribution in [0, 0.1) is 10.1 Å². The van der Waals surface area contributed by atoms with Crippen LogP contribution in [-0.2, 0) is 6.42 Å². The fourth-order valence-electron chi connectivity index (χ4n) is 3.29. The third-order valence-corrected chi connectivity index (χ3v) is 5.29. The molecule has 0 unspecified atom stereocenters. The molecule has 6 nitrogen and oxygen atoms in total. The summed E-state index contributed by atoms with van der Waals surface area (Å²) in [5.41, 5.74) is 3.63. The Morgan fingerprint density at radius 1 is 0.967 bits per heavy atom. The SMILES string of the molecule is O=[N+]([O-])c1ccc(CCNc2ncnc3cccc(-c4ccc(Cl)cc4Cl)c23)cc1. The molecule has 1 heterocycles. The maximum atomic E-state index is 10.8. The zero-order chi connectivity index (χ0) is 21.1. The van der Waals surface area contributed by atoms with E-state index in [-0.39, 0.29) is 5.69 Å². The normalized spacial score (nSPS) is 10.9. The standard InChI is InChI=1S/C22H16Cl2N4O2/c23-15-6-9-17(19(24)12-15)18-2-1-3-20-21(18)22(27-13-26-20)25-11-10-14-4-7-16(8-5-14)28(29)30/h1-9,12-13H,10-11H2,(H,25,26,27). The number of benzene rings is 3. The van der Waals surface area contributed by atoms with Gasteiger partial charge < -0.3 is 5.32 Å². The predicted octanol–water partition coefficient (Wildman–Crippen LogP) is 6.17. The zero-order valence-corrected chi connectivity index (χ0v) is 17.2. The lowest BCUT2D eigenvalue weighted by Gasteiger charge is -2.13. The van der Waals surface area contributed by atoms with Crippen molar-refractivity contribution < 1.29 is 4.92 Å². The first-order chi connectivity index (χ1) is 14.5. The second kappa shape index (κ2) is 8.65. The molecule has 8 heteroatoms. The van der Waals surface area contributed by atoms with Crippen LogP contribution in [0.25, 0.3) is 22.0 Å². The van der Waals surface area contributed by atoms with Gasteiger partial charge in [-0.15, -0.1) is 0 Å². The first-order valence-corrected chi connectivity index (χ1v) is 9.95. The molecule has 3 aromatic carbocycles. The number of nitrogens with zero attached hydrogens (tertiary/aromatic N) is 3. The fourth-order valence-corrected chi connectivity index (χ4v) is 3.80. The lowest BCUT2D eigenvalue weighted by molar-refractivity contribution is -0.384.